The lowest BCUT2D eigenvalue weighted by Gasteiger charge is -2.46. The monoisotopic (exact) mass is 458 g/mol. The quantitative estimate of drug-likeness (QED) is 0.277. The minimum atomic E-state index is -0.821. The minimum Gasteiger partial charge on any atom is -0.468 e. The van der Waals surface area contributed by atoms with Crippen molar-refractivity contribution in [2.45, 2.75) is 38.4 Å². The Labute approximate surface area is 188 Å². The van der Waals surface area contributed by atoms with Gasteiger partial charge in [-0.2, -0.15) is 0 Å². The zero-order valence-electron chi connectivity index (χ0n) is 17.5. The molecule has 0 saturated carbocycles. The number of ether oxygens (including phenoxy) is 1. The number of carbonyl (C=O) groups excluding carboxylic acids is 2. The van der Waals surface area contributed by atoms with Crippen LogP contribution in [0.4, 0.5) is 5.69 Å². The summed E-state index contributed by atoms with van der Waals surface area (Å²) in [4.78, 5) is 38.2. The molecule has 1 saturated heterocycles. The highest BCUT2D eigenvalue weighted by molar-refractivity contribution is 8.02. The van der Waals surface area contributed by atoms with Crippen LogP contribution in [0.15, 0.2) is 57.7 Å². The molecule has 1 fully saturated rings. The van der Waals surface area contributed by atoms with E-state index in [2.05, 4.69) is 0 Å². The van der Waals surface area contributed by atoms with Crippen molar-refractivity contribution in [3.63, 3.8) is 0 Å². The van der Waals surface area contributed by atoms with Crippen LogP contribution in [0.5, 0.6) is 0 Å². The Morgan fingerprint density at radius 1 is 1.34 bits per heavy atom. The van der Waals surface area contributed by atoms with Gasteiger partial charge >= 0.3 is 5.97 Å². The molecule has 1 aromatic heterocycles. The molecule has 1 aromatic carbocycles. The molecule has 3 heterocycles. The summed E-state index contributed by atoms with van der Waals surface area (Å²) in [5.41, 5.74) is 0.735. The molecule has 0 spiro atoms. The molecule has 9 nitrogen and oxygen atoms in total. The highest BCUT2D eigenvalue weighted by Gasteiger charge is 2.60. The summed E-state index contributed by atoms with van der Waals surface area (Å²) < 4.78 is 10.8. The van der Waals surface area contributed by atoms with Crippen molar-refractivity contribution in [1.29, 1.82) is 0 Å². The molecule has 10 heteroatoms. The van der Waals surface area contributed by atoms with Crippen molar-refractivity contribution in [3.8, 4) is 0 Å². The van der Waals surface area contributed by atoms with E-state index in [9.17, 15) is 24.8 Å². The van der Waals surface area contributed by atoms with E-state index >= 15 is 0 Å². The van der Waals surface area contributed by atoms with Crippen LogP contribution in [0.3, 0.4) is 0 Å². The van der Waals surface area contributed by atoms with Gasteiger partial charge in [-0.05, 0) is 36.8 Å². The number of amides is 1. The molecule has 2 aliphatic rings. The van der Waals surface area contributed by atoms with Crippen molar-refractivity contribution >= 4 is 29.3 Å². The molecule has 32 heavy (non-hydrogen) atoms. The number of fused-ring (bicyclic) bond motifs is 1. The molecular weight excluding hydrogens is 436 g/mol. The number of esters is 1. The second-order valence-electron chi connectivity index (χ2n) is 7.83. The van der Waals surface area contributed by atoms with Gasteiger partial charge in [0.25, 0.3) is 5.69 Å². The number of nitro groups is 1. The van der Waals surface area contributed by atoms with Crippen molar-refractivity contribution in [2.24, 2.45) is 11.8 Å². The highest BCUT2D eigenvalue weighted by Crippen LogP contribution is 2.51. The second-order valence-corrected chi connectivity index (χ2v) is 8.85. The van der Waals surface area contributed by atoms with Gasteiger partial charge in [0, 0.05) is 23.0 Å². The summed E-state index contributed by atoms with van der Waals surface area (Å²) in [6.45, 7) is 3.42. The molecular formula is C22H22N2O7S. The van der Waals surface area contributed by atoms with E-state index in [4.69, 9.17) is 9.15 Å². The van der Waals surface area contributed by atoms with Crippen LogP contribution in [-0.4, -0.2) is 39.0 Å². The van der Waals surface area contributed by atoms with Gasteiger partial charge in [0.1, 0.15) is 18.1 Å². The average Bonchev–Trinajstić information content (AvgIpc) is 3.35. The Bertz CT molecular complexity index is 1060. The molecule has 4 rings (SSSR count). The highest BCUT2D eigenvalue weighted by atomic mass is 32.2. The molecule has 2 aromatic rings. The van der Waals surface area contributed by atoms with E-state index in [0.717, 1.165) is 10.7 Å². The number of carbonyl (C=O) groups is 2. The number of nitro benzene ring substituents is 1. The fraction of sp³-hybridized carbons (Fsp3) is 0.364. The lowest BCUT2D eigenvalue weighted by Crippen LogP contribution is -2.63. The van der Waals surface area contributed by atoms with Crippen LogP contribution >= 0.6 is 11.8 Å². The van der Waals surface area contributed by atoms with Gasteiger partial charge in [0.2, 0.25) is 5.91 Å². The third kappa shape index (κ3) is 3.91. The first-order valence-electron chi connectivity index (χ1n) is 10.1. The number of aliphatic hydroxyl groups is 1. The zero-order chi connectivity index (χ0) is 23.0. The summed E-state index contributed by atoms with van der Waals surface area (Å²) in [7, 11) is 0. The third-order valence-corrected chi connectivity index (χ3v) is 7.07. The first-order valence-corrected chi connectivity index (χ1v) is 11.1. The molecule has 0 aliphatic carbocycles. The summed E-state index contributed by atoms with van der Waals surface area (Å²) in [5, 5.41) is 20.9. The number of thioether (sulfide) groups is 1. The maximum atomic E-state index is 13.0. The number of hydrogen-bond donors (Lipinski definition) is 1. The van der Waals surface area contributed by atoms with Crippen molar-refractivity contribution in [3.05, 3.63) is 74.7 Å². The smallest absolute Gasteiger partial charge is 0.356 e. The number of benzene rings is 1. The average molecular weight is 458 g/mol. The summed E-state index contributed by atoms with van der Waals surface area (Å²) >= 11 is 1.41. The minimum absolute atomic E-state index is 0.0535. The molecule has 4 atom stereocenters. The van der Waals surface area contributed by atoms with Crippen LogP contribution in [0.2, 0.25) is 0 Å². The van der Waals surface area contributed by atoms with Gasteiger partial charge in [0.15, 0.2) is 0 Å². The number of β-lactam (4-membered cyclic amide) rings is 1. The lowest BCUT2D eigenvalue weighted by atomic mass is 9.79. The van der Waals surface area contributed by atoms with Crippen molar-refractivity contribution in [1.82, 2.24) is 4.90 Å². The van der Waals surface area contributed by atoms with Gasteiger partial charge in [-0.15, -0.1) is 11.8 Å². The normalized spacial score (nSPS) is 23.0. The Balaban J connectivity index is 1.54. The van der Waals surface area contributed by atoms with Crippen molar-refractivity contribution in [2.75, 3.05) is 0 Å². The van der Waals surface area contributed by atoms with Gasteiger partial charge in [-0.3, -0.25) is 14.9 Å². The Kier molecular flexibility index (Phi) is 6.07. The standard InChI is InChI=1S/C22H22N2O7S/c1-12-18-17(13(2)25)21(26)23(18)19(20(12)32-11-16-4-3-9-30-16)22(27)31-10-14-5-7-15(8-6-14)24(28)29/h3-9,12-13,17-18,25H,10-11H2,1-2H3/t12-,13-,17-,18-/m1/s1. The maximum absolute atomic E-state index is 13.0. The molecule has 0 radical (unpaired) electrons. The Morgan fingerprint density at radius 3 is 2.66 bits per heavy atom. The van der Waals surface area contributed by atoms with Gasteiger partial charge in [-0.25, -0.2) is 4.79 Å². The Morgan fingerprint density at radius 2 is 2.06 bits per heavy atom. The van der Waals surface area contributed by atoms with Gasteiger partial charge < -0.3 is 19.2 Å². The summed E-state index contributed by atoms with van der Waals surface area (Å²) in [5.74, 6) is -0.427. The first-order chi connectivity index (χ1) is 15.3. The molecule has 168 valence electrons. The SMILES string of the molecule is C[C@@H](O)[C@H]1C(=O)N2C(C(=O)OCc3ccc([N+](=O)[O-])cc3)=C(SCc3ccco3)[C@H](C)[C@H]12. The number of nitrogens with zero attached hydrogens (tertiary/aromatic N) is 2. The number of aliphatic hydroxyl groups excluding tert-OH is 1. The van der Waals surface area contributed by atoms with Crippen LogP contribution < -0.4 is 0 Å². The predicted molar refractivity (Wildman–Crippen MR) is 115 cm³/mol. The molecule has 0 unspecified atom stereocenters. The van der Waals surface area contributed by atoms with Crippen LogP contribution in [-0.2, 0) is 26.7 Å². The predicted octanol–water partition coefficient (Wildman–Crippen LogP) is 3.23. The number of rotatable bonds is 8. The number of non-ortho nitro benzene ring substituents is 1. The fourth-order valence-electron chi connectivity index (χ4n) is 4.18. The van der Waals surface area contributed by atoms with Crippen LogP contribution in [0.1, 0.15) is 25.2 Å². The molecule has 1 amide bonds. The van der Waals surface area contributed by atoms with E-state index in [0.29, 0.717) is 11.3 Å². The largest absolute Gasteiger partial charge is 0.468 e. The number of hydrogen-bond acceptors (Lipinski definition) is 8. The topological polar surface area (TPSA) is 123 Å². The van der Waals surface area contributed by atoms with Gasteiger partial charge in [0.05, 0.1) is 35.0 Å². The van der Waals surface area contributed by atoms with E-state index < -0.39 is 22.9 Å². The second kappa shape index (κ2) is 8.79. The summed E-state index contributed by atoms with van der Waals surface area (Å²) in [6, 6.07) is 9.03. The first kappa shape index (κ1) is 22.1. The molecule has 2 aliphatic heterocycles. The van der Waals surface area contributed by atoms with Crippen molar-refractivity contribution < 1.29 is 28.8 Å². The van der Waals surface area contributed by atoms with Crippen LogP contribution in [0.25, 0.3) is 0 Å². The maximum Gasteiger partial charge on any atom is 0.356 e. The van der Waals surface area contributed by atoms with E-state index in [1.165, 1.54) is 40.9 Å². The van der Waals surface area contributed by atoms with E-state index in [-0.39, 0.29) is 35.9 Å². The fourth-order valence-corrected chi connectivity index (χ4v) is 5.36. The summed E-state index contributed by atoms with van der Waals surface area (Å²) in [6.07, 6.45) is 0.750. The van der Waals surface area contributed by atoms with E-state index in [1.807, 2.05) is 13.0 Å². The van der Waals surface area contributed by atoms with Crippen LogP contribution in [0, 0.1) is 22.0 Å². The lowest BCUT2D eigenvalue weighted by molar-refractivity contribution is -0.384. The van der Waals surface area contributed by atoms with Gasteiger partial charge in [-0.1, -0.05) is 6.92 Å². The zero-order valence-corrected chi connectivity index (χ0v) is 18.3. The number of furan rings is 1. The van der Waals surface area contributed by atoms with E-state index in [1.54, 1.807) is 19.3 Å². The molecule has 0 bridgehead atoms. The molecule has 1 N–H and O–H groups in total. The Hall–Kier alpha value is -3.11. The third-order valence-electron chi connectivity index (χ3n) is 5.77.